The lowest BCUT2D eigenvalue weighted by Crippen LogP contribution is -2.45. The summed E-state index contributed by atoms with van der Waals surface area (Å²) in [5, 5.41) is 23.2. The highest BCUT2D eigenvalue weighted by molar-refractivity contribution is 5.76. The molecule has 2 atom stereocenters. The Hall–Kier alpha value is -1.66. The molecule has 1 amide bonds. The highest BCUT2D eigenvalue weighted by Gasteiger charge is 2.20. The van der Waals surface area contributed by atoms with Crippen LogP contribution in [0.5, 0.6) is 0 Å². The molecule has 0 aliphatic heterocycles. The van der Waals surface area contributed by atoms with Gasteiger partial charge in [-0.25, -0.2) is 0 Å². The van der Waals surface area contributed by atoms with E-state index in [1.54, 1.807) is 0 Å². The van der Waals surface area contributed by atoms with Gasteiger partial charge in [-0.15, -0.1) is 0 Å². The van der Waals surface area contributed by atoms with Crippen LogP contribution in [-0.2, 0) is 14.3 Å². The van der Waals surface area contributed by atoms with Crippen LogP contribution in [0.15, 0.2) is 24.3 Å². The van der Waals surface area contributed by atoms with Crippen LogP contribution in [0.1, 0.15) is 412 Å². The van der Waals surface area contributed by atoms with Crippen molar-refractivity contribution in [1.29, 1.82) is 0 Å². The molecule has 474 valence electrons. The third kappa shape index (κ3) is 65.5. The molecule has 3 N–H and O–H groups in total. The Balaban J connectivity index is 3.27. The molecular weight excluding hydrogens is 983 g/mol. The van der Waals surface area contributed by atoms with Crippen molar-refractivity contribution in [2.45, 2.75) is 424 Å². The summed E-state index contributed by atoms with van der Waals surface area (Å²) in [6, 6.07) is -0.534. The number of carbonyl (C=O) groups is 2. The van der Waals surface area contributed by atoms with Crippen LogP contribution in [-0.4, -0.2) is 47.4 Å². The normalized spacial score (nSPS) is 12.6. The Bertz CT molecular complexity index is 1250. The van der Waals surface area contributed by atoms with Gasteiger partial charge >= 0.3 is 5.97 Å². The lowest BCUT2D eigenvalue weighted by Gasteiger charge is -2.22. The van der Waals surface area contributed by atoms with Gasteiger partial charge in [-0.05, 0) is 57.8 Å². The van der Waals surface area contributed by atoms with E-state index in [9.17, 15) is 19.8 Å². The van der Waals surface area contributed by atoms with E-state index in [1.165, 1.54) is 334 Å². The maximum atomic E-state index is 12.4. The van der Waals surface area contributed by atoms with Crippen molar-refractivity contribution in [3.8, 4) is 0 Å². The molecule has 0 aliphatic carbocycles. The van der Waals surface area contributed by atoms with Gasteiger partial charge in [-0.2, -0.15) is 0 Å². The van der Waals surface area contributed by atoms with Crippen LogP contribution in [0.3, 0.4) is 0 Å². The summed E-state index contributed by atoms with van der Waals surface area (Å²) in [6.45, 7) is 4.94. The Labute approximate surface area is 501 Å². The number of esters is 1. The standard InChI is InChI=1S/C74H143NO5/c1-3-5-7-9-11-13-14-15-16-17-35-39-42-45-48-52-56-60-64-68-74(79)80-69-65-61-57-53-49-46-43-40-37-34-32-30-28-26-24-22-20-18-19-21-23-25-27-29-31-33-36-38-41-44-47-51-55-59-63-67-73(78)75-71(70-76)72(77)66-62-58-54-50-12-10-8-6-4-2/h11,13,15-16,71-72,76-77H,3-10,12,14,17-70H2,1-2H3,(H,75,78)/b13-11-,16-15-. The zero-order valence-electron chi connectivity index (χ0n) is 54.3. The molecule has 0 aromatic heterocycles. The maximum absolute atomic E-state index is 12.4. The van der Waals surface area contributed by atoms with Gasteiger partial charge in [0.1, 0.15) is 0 Å². The van der Waals surface area contributed by atoms with Crippen molar-refractivity contribution in [2.75, 3.05) is 13.2 Å². The average molecular weight is 1130 g/mol. The predicted molar refractivity (Wildman–Crippen MR) is 352 cm³/mol. The van der Waals surface area contributed by atoms with E-state index >= 15 is 0 Å². The van der Waals surface area contributed by atoms with Gasteiger partial charge in [-0.1, -0.05) is 366 Å². The number of rotatable bonds is 69. The first-order valence-electron chi connectivity index (χ1n) is 36.6. The highest BCUT2D eigenvalue weighted by Crippen LogP contribution is 2.19. The van der Waals surface area contributed by atoms with Gasteiger partial charge in [0.05, 0.1) is 25.4 Å². The lowest BCUT2D eigenvalue weighted by atomic mass is 10.0. The van der Waals surface area contributed by atoms with Crippen molar-refractivity contribution < 1.29 is 24.5 Å². The van der Waals surface area contributed by atoms with Gasteiger partial charge in [-0.3, -0.25) is 9.59 Å². The number of nitrogens with one attached hydrogen (secondary N) is 1. The second kappa shape index (κ2) is 69.8. The monoisotopic (exact) mass is 1130 g/mol. The molecule has 0 bridgehead atoms. The average Bonchev–Trinajstić information content (AvgIpc) is 3.46. The van der Waals surface area contributed by atoms with E-state index in [0.29, 0.717) is 25.9 Å². The smallest absolute Gasteiger partial charge is 0.305 e. The fourth-order valence-corrected chi connectivity index (χ4v) is 11.7. The third-order valence-electron chi connectivity index (χ3n) is 17.3. The second-order valence-corrected chi connectivity index (χ2v) is 25.3. The summed E-state index contributed by atoms with van der Waals surface area (Å²) in [5.41, 5.74) is 0. The summed E-state index contributed by atoms with van der Waals surface area (Å²) in [4.78, 5) is 24.6. The molecule has 0 aliphatic rings. The first-order valence-corrected chi connectivity index (χ1v) is 36.6. The predicted octanol–water partition coefficient (Wildman–Crippen LogP) is 23.7. The fraction of sp³-hybridized carbons (Fsp3) is 0.919. The maximum Gasteiger partial charge on any atom is 0.305 e. The lowest BCUT2D eigenvalue weighted by molar-refractivity contribution is -0.143. The van der Waals surface area contributed by atoms with E-state index in [0.717, 1.165) is 44.9 Å². The van der Waals surface area contributed by atoms with Gasteiger partial charge in [0, 0.05) is 12.8 Å². The number of aliphatic hydroxyl groups excluding tert-OH is 2. The Morgan fingerprint density at radius 2 is 0.625 bits per heavy atom. The number of amides is 1. The van der Waals surface area contributed by atoms with E-state index < -0.39 is 12.1 Å². The molecule has 6 nitrogen and oxygen atoms in total. The van der Waals surface area contributed by atoms with Crippen molar-refractivity contribution in [3.63, 3.8) is 0 Å². The fourth-order valence-electron chi connectivity index (χ4n) is 11.7. The van der Waals surface area contributed by atoms with Crippen molar-refractivity contribution in [2.24, 2.45) is 0 Å². The Morgan fingerprint density at radius 1 is 0.350 bits per heavy atom. The third-order valence-corrected chi connectivity index (χ3v) is 17.3. The van der Waals surface area contributed by atoms with Crippen LogP contribution >= 0.6 is 0 Å². The van der Waals surface area contributed by atoms with Crippen LogP contribution in [0.2, 0.25) is 0 Å². The van der Waals surface area contributed by atoms with E-state index in [1.807, 2.05) is 0 Å². The van der Waals surface area contributed by atoms with Gasteiger partial charge in [0.25, 0.3) is 0 Å². The Kier molecular flexibility index (Phi) is 68.4. The molecule has 0 aromatic carbocycles. The zero-order chi connectivity index (χ0) is 57.8. The number of unbranched alkanes of at least 4 members (excludes halogenated alkanes) is 54. The first-order chi connectivity index (χ1) is 39.5. The number of hydrogen-bond acceptors (Lipinski definition) is 5. The van der Waals surface area contributed by atoms with Crippen LogP contribution in [0.4, 0.5) is 0 Å². The molecule has 80 heavy (non-hydrogen) atoms. The second-order valence-electron chi connectivity index (χ2n) is 25.3. The van der Waals surface area contributed by atoms with Crippen molar-refractivity contribution in [3.05, 3.63) is 24.3 Å². The van der Waals surface area contributed by atoms with E-state index in [4.69, 9.17) is 4.74 Å². The summed E-state index contributed by atoms with van der Waals surface area (Å²) in [5.74, 6) is -0.0107. The first kappa shape index (κ1) is 78.3. The summed E-state index contributed by atoms with van der Waals surface area (Å²) >= 11 is 0. The molecule has 0 heterocycles. The number of aliphatic hydroxyl groups is 2. The molecule has 6 heteroatoms. The topological polar surface area (TPSA) is 95.9 Å². The minimum absolute atomic E-state index is 0.0194. The van der Waals surface area contributed by atoms with Crippen LogP contribution < -0.4 is 5.32 Å². The van der Waals surface area contributed by atoms with E-state index in [2.05, 4.69) is 43.5 Å². The highest BCUT2D eigenvalue weighted by atomic mass is 16.5. The molecule has 0 aromatic rings. The quantitative estimate of drug-likeness (QED) is 0.0320. The molecule has 2 unspecified atom stereocenters. The minimum Gasteiger partial charge on any atom is -0.466 e. The van der Waals surface area contributed by atoms with Crippen molar-refractivity contribution >= 4 is 11.9 Å². The minimum atomic E-state index is -0.657. The molecule has 0 saturated carbocycles. The van der Waals surface area contributed by atoms with Gasteiger partial charge in [0.2, 0.25) is 5.91 Å². The van der Waals surface area contributed by atoms with Crippen LogP contribution in [0.25, 0.3) is 0 Å². The molecule has 0 rings (SSSR count). The summed E-state index contributed by atoms with van der Waals surface area (Å²) < 4.78 is 5.51. The molecule has 0 spiro atoms. The molecule has 0 radical (unpaired) electrons. The molecule has 0 fully saturated rings. The number of carbonyl (C=O) groups excluding carboxylic acids is 2. The number of hydrogen-bond donors (Lipinski definition) is 3. The number of ether oxygens (including phenoxy) is 1. The SMILES string of the molecule is CCCCC/C=C\C/C=C\CCCCCCCCCCCC(=O)OCCCCCCCCCCCCCCCCCCCCCCCCCCCCCCCCCCCCCC(=O)NC(CO)C(O)CCCCCCCCCCC. The number of allylic oxidation sites excluding steroid dienone is 4. The van der Waals surface area contributed by atoms with Gasteiger partial charge in [0.15, 0.2) is 0 Å². The Morgan fingerprint density at radius 3 is 0.975 bits per heavy atom. The van der Waals surface area contributed by atoms with Crippen molar-refractivity contribution in [1.82, 2.24) is 5.32 Å². The molecule has 0 saturated heterocycles. The zero-order valence-corrected chi connectivity index (χ0v) is 54.3. The summed E-state index contributed by atoms with van der Waals surface area (Å²) in [7, 11) is 0. The van der Waals surface area contributed by atoms with Gasteiger partial charge < -0.3 is 20.3 Å². The molecular formula is C74H143NO5. The van der Waals surface area contributed by atoms with Crippen LogP contribution in [0, 0.1) is 0 Å². The van der Waals surface area contributed by atoms with E-state index in [-0.39, 0.29) is 18.5 Å². The summed E-state index contributed by atoms with van der Waals surface area (Å²) in [6.07, 6.45) is 88.4. The largest absolute Gasteiger partial charge is 0.466 e.